The van der Waals surface area contributed by atoms with E-state index < -0.39 is 0 Å². The molecule has 0 saturated heterocycles. The molecule has 13 aromatic rings. The Balaban J connectivity index is 1.24. The summed E-state index contributed by atoms with van der Waals surface area (Å²) in [6.07, 6.45) is 7.17. The van der Waals surface area contributed by atoms with Gasteiger partial charge in [-0.25, -0.2) is 19.9 Å². The minimum absolute atomic E-state index is 0.219. The molecule has 0 bridgehead atoms. The molecule has 6 heterocycles. The quantitative estimate of drug-likeness (QED) is 0.167. The van der Waals surface area contributed by atoms with Crippen LogP contribution < -0.4 is 0 Å². The largest absolute Gasteiger partial charge is 0.309 e. The zero-order valence-electron chi connectivity index (χ0n) is 35.9. The van der Waals surface area contributed by atoms with Gasteiger partial charge in [-0.15, -0.1) is 0 Å². The molecule has 0 radical (unpaired) electrons. The minimum atomic E-state index is 0.219. The lowest BCUT2D eigenvalue weighted by Crippen LogP contribution is -2.06. The maximum Gasteiger partial charge on any atom is 0.116 e. The van der Waals surface area contributed by atoms with Gasteiger partial charge in [0.15, 0.2) is 0 Å². The molecule has 0 aliphatic heterocycles. The van der Waals surface area contributed by atoms with E-state index in [9.17, 15) is 0 Å². The smallest absolute Gasteiger partial charge is 0.116 e. The van der Waals surface area contributed by atoms with Crippen LogP contribution in [-0.4, -0.2) is 38.2 Å². The van der Waals surface area contributed by atoms with Gasteiger partial charge in [0.25, 0.3) is 0 Å². The van der Waals surface area contributed by atoms with Crippen molar-refractivity contribution >= 4 is 87.5 Å². The summed E-state index contributed by atoms with van der Waals surface area (Å²) >= 11 is 0. The first-order chi connectivity index (χ1) is 31.5. The van der Waals surface area contributed by atoms with Crippen molar-refractivity contribution in [2.24, 2.45) is 0 Å². The van der Waals surface area contributed by atoms with Crippen LogP contribution in [0.5, 0.6) is 0 Å². The van der Waals surface area contributed by atoms with Gasteiger partial charge in [-0.1, -0.05) is 113 Å². The van der Waals surface area contributed by atoms with Gasteiger partial charge in [0, 0.05) is 55.1 Å². The predicted octanol–water partition coefficient (Wildman–Crippen LogP) is 13.9. The number of fused-ring (bicyclic) bond motifs is 13. The Morgan fingerprint density at radius 2 is 0.812 bits per heavy atom. The first-order valence-electron chi connectivity index (χ1n) is 22.1. The van der Waals surface area contributed by atoms with E-state index in [0.29, 0.717) is 0 Å². The lowest BCUT2D eigenvalue weighted by Gasteiger charge is -2.22. The highest BCUT2D eigenvalue weighted by Gasteiger charge is 2.30. The molecule has 64 heavy (non-hydrogen) atoms. The van der Waals surface area contributed by atoms with Gasteiger partial charge < -0.3 is 18.3 Å². The summed E-state index contributed by atoms with van der Waals surface area (Å²) in [5, 5.41) is 7.18. The van der Waals surface area contributed by atoms with Gasteiger partial charge in [0.05, 0.1) is 67.6 Å². The number of nitrogens with zero attached hydrogens (tertiary/aromatic N) is 8. The van der Waals surface area contributed by atoms with E-state index in [1.54, 1.807) is 12.7 Å². The third kappa shape index (κ3) is 4.99. The van der Waals surface area contributed by atoms with E-state index in [-0.39, 0.29) is 11.8 Å². The molecule has 8 heteroatoms. The average molecular weight is 827 g/mol. The molecule has 0 aliphatic carbocycles. The van der Waals surface area contributed by atoms with Crippen LogP contribution in [0.2, 0.25) is 0 Å². The van der Waals surface area contributed by atoms with E-state index in [2.05, 4.69) is 202 Å². The lowest BCUT2D eigenvalue weighted by molar-refractivity contribution is 0.801. The minimum Gasteiger partial charge on any atom is -0.309 e. The van der Waals surface area contributed by atoms with Gasteiger partial charge in [-0.3, -0.25) is 0 Å². The van der Waals surface area contributed by atoms with Crippen molar-refractivity contribution in [3.63, 3.8) is 0 Å². The zero-order chi connectivity index (χ0) is 42.8. The van der Waals surface area contributed by atoms with Crippen molar-refractivity contribution in [2.45, 2.75) is 39.5 Å². The highest BCUT2D eigenvalue weighted by molar-refractivity contribution is 6.28. The number of benzene rings is 7. The standard InChI is InChI=1S/C56H42N8/c1-33(2)49-50(34(3)4)55-52(40-26-24-38(28-46(40)63(55)35-15-7-5-8-16-35)62-44-22-14-12-20-42(44)54-48(62)30-58-32-60-54)56-51(49)39-25-23-37(27-45(39)64(56)36-17-9-6-10-18-36)61-43-21-13-11-19-41(43)53-47(61)29-57-31-59-53/h5-34H,1-4H3. The topological polar surface area (TPSA) is 71.3 Å². The number of rotatable bonds is 6. The normalized spacial score (nSPS) is 12.3. The molecule has 0 N–H and O–H groups in total. The summed E-state index contributed by atoms with van der Waals surface area (Å²) in [6.45, 7) is 9.45. The second-order valence-corrected chi connectivity index (χ2v) is 17.5. The third-order valence-corrected chi connectivity index (χ3v) is 13.3. The Kier molecular flexibility index (Phi) is 7.82. The molecule has 0 saturated carbocycles. The summed E-state index contributed by atoms with van der Waals surface area (Å²) < 4.78 is 9.70. The fraction of sp³-hybridized carbons (Fsp3) is 0.107. The highest BCUT2D eigenvalue weighted by Crippen LogP contribution is 2.50. The Bertz CT molecular complexity index is 3910. The fourth-order valence-corrected chi connectivity index (χ4v) is 10.9. The predicted molar refractivity (Wildman–Crippen MR) is 263 cm³/mol. The Hall–Kier alpha value is -8.10. The molecule has 13 rings (SSSR count). The molecule has 0 fully saturated rings. The summed E-state index contributed by atoms with van der Waals surface area (Å²) in [7, 11) is 0. The highest BCUT2D eigenvalue weighted by atomic mass is 15.1. The van der Waals surface area contributed by atoms with E-state index in [4.69, 9.17) is 9.97 Å². The lowest BCUT2D eigenvalue weighted by atomic mass is 9.85. The van der Waals surface area contributed by atoms with E-state index in [0.717, 1.165) is 77.7 Å². The number of hydrogen-bond acceptors (Lipinski definition) is 4. The third-order valence-electron chi connectivity index (χ3n) is 13.3. The van der Waals surface area contributed by atoms with Crippen LogP contribution in [-0.2, 0) is 0 Å². The summed E-state index contributed by atoms with van der Waals surface area (Å²) in [5.41, 5.74) is 17.9. The van der Waals surface area contributed by atoms with Crippen LogP contribution in [0.1, 0.15) is 50.7 Å². The molecular weight excluding hydrogens is 785 g/mol. The van der Waals surface area contributed by atoms with E-state index in [1.165, 1.54) is 43.7 Å². The van der Waals surface area contributed by atoms with Crippen molar-refractivity contribution in [1.29, 1.82) is 0 Å². The summed E-state index contributed by atoms with van der Waals surface area (Å²) in [5.74, 6) is 0.445. The second kappa shape index (κ2) is 13.7. The maximum absolute atomic E-state index is 4.77. The van der Waals surface area contributed by atoms with Gasteiger partial charge in [-0.2, -0.15) is 0 Å². The Morgan fingerprint density at radius 3 is 1.31 bits per heavy atom. The maximum atomic E-state index is 4.77. The van der Waals surface area contributed by atoms with Crippen molar-refractivity contribution in [1.82, 2.24) is 38.2 Å². The van der Waals surface area contributed by atoms with Gasteiger partial charge >= 0.3 is 0 Å². The van der Waals surface area contributed by atoms with Crippen molar-refractivity contribution in [2.75, 3.05) is 0 Å². The van der Waals surface area contributed by atoms with Crippen molar-refractivity contribution < 1.29 is 0 Å². The summed E-state index contributed by atoms with van der Waals surface area (Å²) in [4.78, 5) is 18.6. The summed E-state index contributed by atoms with van der Waals surface area (Å²) in [6, 6.07) is 52.9. The SMILES string of the molecule is CC(C)c1c(C(C)C)c2c(c3ccc(-n4c5ccccc5c5ncncc54)cc3n2-c2ccccc2)c2c1c1ccc(-n3c4ccccc4c4ncncc43)cc1n2-c1ccccc1. The van der Waals surface area contributed by atoms with Gasteiger partial charge in [0.1, 0.15) is 12.7 Å². The fourth-order valence-electron chi connectivity index (χ4n) is 10.9. The number of hydrogen-bond donors (Lipinski definition) is 0. The van der Waals surface area contributed by atoms with Crippen LogP contribution in [0, 0.1) is 0 Å². The van der Waals surface area contributed by atoms with Crippen LogP contribution in [0.15, 0.2) is 171 Å². The van der Waals surface area contributed by atoms with Crippen molar-refractivity contribution in [3.05, 3.63) is 182 Å². The average Bonchev–Trinajstić information content (AvgIpc) is 4.06. The van der Waals surface area contributed by atoms with Crippen molar-refractivity contribution in [3.8, 4) is 22.7 Å². The van der Waals surface area contributed by atoms with E-state index >= 15 is 0 Å². The molecule has 0 unspecified atom stereocenters. The van der Waals surface area contributed by atoms with Crippen LogP contribution >= 0.6 is 0 Å². The molecule has 6 aromatic heterocycles. The van der Waals surface area contributed by atoms with Gasteiger partial charge in [0.2, 0.25) is 0 Å². The molecule has 7 aromatic carbocycles. The van der Waals surface area contributed by atoms with Crippen LogP contribution in [0.25, 0.3) is 110 Å². The molecule has 306 valence electrons. The first kappa shape index (κ1) is 36.5. The van der Waals surface area contributed by atoms with Crippen LogP contribution in [0.4, 0.5) is 0 Å². The zero-order valence-corrected chi connectivity index (χ0v) is 35.9. The van der Waals surface area contributed by atoms with E-state index in [1.807, 2.05) is 12.4 Å². The van der Waals surface area contributed by atoms with Gasteiger partial charge in [-0.05, 0) is 83.6 Å². The van der Waals surface area contributed by atoms with Crippen LogP contribution in [0.3, 0.4) is 0 Å². The number of aromatic nitrogens is 8. The molecule has 8 nitrogen and oxygen atoms in total. The molecule has 0 amide bonds. The second-order valence-electron chi connectivity index (χ2n) is 17.5. The Labute approximate surface area is 368 Å². The monoisotopic (exact) mass is 826 g/mol. The molecule has 0 aliphatic rings. The Morgan fingerprint density at radius 1 is 0.359 bits per heavy atom. The molecule has 0 spiro atoms. The molecule has 0 atom stereocenters. The number of para-hydroxylation sites is 4. The molecular formula is C56H42N8. The first-order valence-corrected chi connectivity index (χ1v) is 22.1.